The van der Waals surface area contributed by atoms with E-state index in [-0.39, 0.29) is 38.6 Å². The van der Waals surface area contributed by atoms with Crippen molar-refractivity contribution in [1.29, 1.82) is 0 Å². The van der Waals surface area contributed by atoms with Crippen molar-refractivity contribution < 1.29 is 37.6 Å². The molecule has 0 aliphatic carbocycles. The molecule has 0 fully saturated rings. The number of unbranched alkanes of at least 4 members (excludes halogenated alkanes) is 19. The standard InChI is InChI=1S/C50H88NO8P/c1-3-5-7-9-11-13-15-16-17-18-19-20-21-22-23-24-25-26-27-28-29-30-31-32-33-35-37-39-41-43-50(53)59-48(47-58-60(54,55)57-45-44-51)46-56-49(52)42-40-38-36-34-14-12-10-8-6-4-2/h5,7,11,13,16-17,19-20,22-23,25-26,48H,3-4,6,8-10,12,14-15,18,21,24,27-47,51H2,1-2H3,(H,54,55)/b7-5-,13-11-,17-16-,20-19-,23-22-,26-25-. The van der Waals surface area contributed by atoms with Crippen LogP contribution in [0, 0.1) is 0 Å². The molecule has 2 atom stereocenters. The Balaban J connectivity index is 4.00. The Kier molecular flexibility index (Phi) is 44.0. The van der Waals surface area contributed by atoms with Gasteiger partial charge in [0.05, 0.1) is 13.2 Å². The molecule has 0 spiro atoms. The van der Waals surface area contributed by atoms with Crippen LogP contribution in [0.4, 0.5) is 0 Å². The largest absolute Gasteiger partial charge is 0.472 e. The van der Waals surface area contributed by atoms with Gasteiger partial charge in [0.1, 0.15) is 6.61 Å². The number of phosphoric acid groups is 1. The minimum atomic E-state index is -4.38. The lowest BCUT2D eigenvalue weighted by Crippen LogP contribution is -2.29. The first-order chi connectivity index (χ1) is 29.3. The lowest BCUT2D eigenvalue weighted by atomic mass is 10.0. The van der Waals surface area contributed by atoms with Crippen molar-refractivity contribution in [3.8, 4) is 0 Å². The molecule has 0 saturated carbocycles. The first-order valence-corrected chi connectivity index (χ1v) is 25.4. The summed E-state index contributed by atoms with van der Waals surface area (Å²) >= 11 is 0. The highest BCUT2D eigenvalue weighted by Gasteiger charge is 2.26. The molecule has 10 heteroatoms. The number of phosphoric ester groups is 1. The zero-order valence-electron chi connectivity index (χ0n) is 38.2. The summed E-state index contributed by atoms with van der Waals surface area (Å²) in [5.74, 6) is -0.836. The van der Waals surface area contributed by atoms with Gasteiger partial charge in [-0.25, -0.2) is 4.57 Å². The van der Waals surface area contributed by atoms with E-state index < -0.39 is 26.5 Å². The molecule has 9 nitrogen and oxygen atoms in total. The summed E-state index contributed by atoms with van der Waals surface area (Å²) < 4.78 is 32.8. The van der Waals surface area contributed by atoms with Crippen LogP contribution in [0.25, 0.3) is 0 Å². The summed E-state index contributed by atoms with van der Waals surface area (Å²) in [4.78, 5) is 34.9. The molecule has 0 radical (unpaired) electrons. The highest BCUT2D eigenvalue weighted by molar-refractivity contribution is 7.47. The molecule has 3 N–H and O–H groups in total. The minimum Gasteiger partial charge on any atom is -0.462 e. The summed E-state index contributed by atoms with van der Waals surface area (Å²) in [7, 11) is -4.38. The predicted molar refractivity (Wildman–Crippen MR) is 252 cm³/mol. The molecule has 0 aliphatic heterocycles. The molecule has 2 unspecified atom stereocenters. The maximum atomic E-state index is 12.6. The fourth-order valence-corrected chi connectivity index (χ4v) is 7.11. The Hall–Kier alpha value is -2.55. The van der Waals surface area contributed by atoms with Crippen molar-refractivity contribution >= 4 is 19.8 Å². The van der Waals surface area contributed by atoms with E-state index >= 15 is 0 Å². The fraction of sp³-hybridized carbons (Fsp3) is 0.720. The third kappa shape index (κ3) is 45.0. The first-order valence-electron chi connectivity index (χ1n) is 23.9. The molecular weight excluding hydrogens is 774 g/mol. The van der Waals surface area contributed by atoms with E-state index in [1.807, 2.05) is 0 Å². The molecule has 0 saturated heterocycles. The van der Waals surface area contributed by atoms with Crippen molar-refractivity contribution in [3.05, 3.63) is 72.9 Å². The highest BCUT2D eigenvalue weighted by Crippen LogP contribution is 2.43. The Morgan fingerprint density at radius 1 is 0.517 bits per heavy atom. The van der Waals surface area contributed by atoms with Gasteiger partial charge in [0.25, 0.3) is 0 Å². The number of allylic oxidation sites excluding steroid dienone is 12. The molecule has 346 valence electrons. The summed E-state index contributed by atoms with van der Waals surface area (Å²) in [5.41, 5.74) is 5.35. The normalized spacial score (nSPS) is 13.9. The van der Waals surface area contributed by atoms with Crippen LogP contribution in [0.5, 0.6) is 0 Å². The van der Waals surface area contributed by atoms with E-state index in [0.717, 1.165) is 83.5 Å². The number of carbonyl (C=O) groups excluding carboxylic acids is 2. The van der Waals surface area contributed by atoms with E-state index in [1.54, 1.807) is 0 Å². The molecule has 0 bridgehead atoms. The third-order valence-corrected chi connectivity index (χ3v) is 10.8. The second-order valence-corrected chi connectivity index (χ2v) is 17.1. The number of rotatable bonds is 44. The summed E-state index contributed by atoms with van der Waals surface area (Å²) in [6, 6.07) is 0. The zero-order chi connectivity index (χ0) is 43.9. The van der Waals surface area contributed by atoms with Crippen molar-refractivity contribution in [1.82, 2.24) is 0 Å². The lowest BCUT2D eigenvalue weighted by Gasteiger charge is -2.19. The van der Waals surface area contributed by atoms with Crippen LogP contribution in [0.2, 0.25) is 0 Å². The fourth-order valence-electron chi connectivity index (χ4n) is 6.34. The van der Waals surface area contributed by atoms with E-state index in [9.17, 15) is 19.0 Å². The summed E-state index contributed by atoms with van der Waals surface area (Å²) in [6.07, 6.45) is 56.6. The minimum absolute atomic E-state index is 0.0508. The van der Waals surface area contributed by atoms with Crippen LogP contribution >= 0.6 is 7.82 Å². The van der Waals surface area contributed by atoms with Gasteiger partial charge in [-0.1, -0.05) is 196 Å². The number of ether oxygens (including phenoxy) is 2. The number of carbonyl (C=O) groups is 2. The smallest absolute Gasteiger partial charge is 0.462 e. The van der Waals surface area contributed by atoms with Crippen molar-refractivity contribution in [3.63, 3.8) is 0 Å². The van der Waals surface area contributed by atoms with Crippen LogP contribution in [0.15, 0.2) is 72.9 Å². The van der Waals surface area contributed by atoms with Gasteiger partial charge in [-0.15, -0.1) is 0 Å². The van der Waals surface area contributed by atoms with E-state index in [2.05, 4.69) is 86.8 Å². The molecule has 0 rings (SSSR count). The average molecular weight is 862 g/mol. The maximum Gasteiger partial charge on any atom is 0.472 e. The van der Waals surface area contributed by atoms with Crippen LogP contribution < -0.4 is 5.73 Å². The number of nitrogens with two attached hydrogens (primary N) is 1. The molecule has 0 aliphatic rings. The Morgan fingerprint density at radius 3 is 1.37 bits per heavy atom. The van der Waals surface area contributed by atoms with Gasteiger partial charge in [-0.3, -0.25) is 18.6 Å². The summed E-state index contributed by atoms with van der Waals surface area (Å²) in [5, 5.41) is 0. The predicted octanol–water partition coefficient (Wildman–Crippen LogP) is 14.2. The number of hydrogen-bond donors (Lipinski definition) is 2. The van der Waals surface area contributed by atoms with Gasteiger partial charge in [-0.2, -0.15) is 0 Å². The molecule has 0 aromatic carbocycles. The lowest BCUT2D eigenvalue weighted by molar-refractivity contribution is -0.161. The monoisotopic (exact) mass is 862 g/mol. The van der Waals surface area contributed by atoms with Crippen molar-refractivity contribution in [2.24, 2.45) is 5.73 Å². The SMILES string of the molecule is CC/C=C\C/C=C\C/C=C\C/C=C\C/C=C\C/C=C\CCCCCCCCCCCCC(=O)OC(COC(=O)CCCCCCCCCCCC)COP(=O)(O)OCCN. The molecule has 0 heterocycles. The molecule has 60 heavy (non-hydrogen) atoms. The molecular formula is C50H88NO8P. The van der Waals surface area contributed by atoms with Gasteiger partial charge >= 0.3 is 19.8 Å². The second kappa shape index (κ2) is 46.0. The third-order valence-electron chi connectivity index (χ3n) is 9.86. The van der Waals surface area contributed by atoms with Gasteiger partial charge in [0.2, 0.25) is 0 Å². The van der Waals surface area contributed by atoms with Crippen molar-refractivity contribution in [2.75, 3.05) is 26.4 Å². The zero-order valence-corrected chi connectivity index (χ0v) is 39.1. The Morgan fingerprint density at radius 2 is 0.917 bits per heavy atom. The Bertz CT molecular complexity index is 1210. The van der Waals surface area contributed by atoms with Gasteiger partial charge < -0.3 is 20.1 Å². The van der Waals surface area contributed by atoms with Gasteiger partial charge in [-0.05, 0) is 64.2 Å². The Labute approximate surface area is 367 Å². The number of hydrogen-bond acceptors (Lipinski definition) is 8. The van der Waals surface area contributed by atoms with Crippen LogP contribution in [0.3, 0.4) is 0 Å². The highest BCUT2D eigenvalue weighted by atomic mass is 31.2. The molecule has 0 aromatic heterocycles. The van der Waals surface area contributed by atoms with Crippen LogP contribution in [-0.2, 0) is 32.7 Å². The molecule has 0 aromatic rings. The maximum absolute atomic E-state index is 12.6. The second-order valence-electron chi connectivity index (χ2n) is 15.6. The van der Waals surface area contributed by atoms with Crippen molar-refractivity contribution in [2.45, 2.75) is 206 Å². The van der Waals surface area contributed by atoms with Gasteiger partial charge in [0.15, 0.2) is 6.10 Å². The van der Waals surface area contributed by atoms with E-state index in [4.69, 9.17) is 24.3 Å². The number of esters is 2. The van der Waals surface area contributed by atoms with Crippen LogP contribution in [0.1, 0.15) is 200 Å². The molecule has 0 amide bonds. The van der Waals surface area contributed by atoms with Gasteiger partial charge in [0, 0.05) is 19.4 Å². The first kappa shape index (κ1) is 57.4. The quantitative estimate of drug-likeness (QED) is 0.0266. The summed E-state index contributed by atoms with van der Waals surface area (Å²) in [6.45, 7) is 3.60. The topological polar surface area (TPSA) is 134 Å². The average Bonchev–Trinajstić information content (AvgIpc) is 3.24. The van der Waals surface area contributed by atoms with Crippen LogP contribution in [-0.4, -0.2) is 49.3 Å². The van der Waals surface area contributed by atoms with E-state index in [1.165, 1.54) is 83.5 Å². The van der Waals surface area contributed by atoms with E-state index in [0.29, 0.717) is 6.42 Å².